The zero-order valence-electron chi connectivity index (χ0n) is 20.3. The molecule has 1 atom stereocenters. The summed E-state index contributed by atoms with van der Waals surface area (Å²) in [6.45, 7) is 9.73. The van der Waals surface area contributed by atoms with Gasteiger partial charge in [-0.15, -0.1) is 11.3 Å². The van der Waals surface area contributed by atoms with Crippen LogP contribution in [0.1, 0.15) is 51.8 Å². The number of rotatable bonds is 6. The van der Waals surface area contributed by atoms with Gasteiger partial charge in [-0.3, -0.25) is 9.36 Å². The molecule has 1 aromatic carbocycles. The third-order valence-electron chi connectivity index (χ3n) is 5.47. The number of aromatic nitrogens is 2. The molecule has 0 spiro atoms. The zero-order chi connectivity index (χ0) is 25.6. The molecule has 3 aromatic rings. The lowest BCUT2D eigenvalue weighted by Crippen LogP contribution is -2.54. The van der Waals surface area contributed by atoms with E-state index in [2.05, 4.69) is 15.9 Å². The summed E-state index contributed by atoms with van der Waals surface area (Å²) in [4.78, 5) is 40.7. The smallest absolute Gasteiger partial charge is 0.333 e. The van der Waals surface area contributed by atoms with Crippen molar-refractivity contribution < 1.29 is 19.4 Å². The minimum absolute atomic E-state index is 0.146. The fourth-order valence-electron chi connectivity index (χ4n) is 3.68. The number of ether oxygens (including phenoxy) is 2. The molecule has 1 N–H and O–H groups in total. The van der Waals surface area contributed by atoms with Crippen molar-refractivity contribution in [2.24, 2.45) is 0 Å². The summed E-state index contributed by atoms with van der Waals surface area (Å²) in [7, 11) is 1.50. The second-order valence-corrected chi connectivity index (χ2v) is 11.9. The molecule has 0 amide bonds. The van der Waals surface area contributed by atoms with Crippen molar-refractivity contribution in [3.63, 3.8) is 0 Å². The summed E-state index contributed by atoms with van der Waals surface area (Å²) in [5.41, 5.74) is -2.54. The van der Waals surface area contributed by atoms with E-state index in [9.17, 15) is 19.5 Å². The van der Waals surface area contributed by atoms with Crippen molar-refractivity contribution >= 4 is 43.5 Å². The van der Waals surface area contributed by atoms with Crippen molar-refractivity contribution in [3.8, 4) is 5.75 Å². The minimum atomic E-state index is -1.59. The highest BCUT2D eigenvalue weighted by Gasteiger charge is 2.38. The molecule has 8 nitrogen and oxygen atoms in total. The second-order valence-electron chi connectivity index (χ2n) is 9.53. The summed E-state index contributed by atoms with van der Waals surface area (Å²) in [5, 5.41) is 11.4. The van der Waals surface area contributed by atoms with Crippen LogP contribution in [0.3, 0.4) is 0 Å². The van der Waals surface area contributed by atoms with E-state index >= 15 is 0 Å². The number of hydrogen-bond donors (Lipinski definition) is 1. The van der Waals surface area contributed by atoms with Crippen molar-refractivity contribution in [3.05, 3.63) is 60.0 Å². The molecule has 0 aliphatic carbocycles. The summed E-state index contributed by atoms with van der Waals surface area (Å²) in [5.74, 6) is -0.229. The Labute approximate surface area is 209 Å². The molecule has 0 saturated carbocycles. The van der Waals surface area contributed by atoms with Gasteiger partial charge in [0.1, 0.15) is 27.8 Å². The molecule has 0 bridgehead atoms. The molecule has 0 fully saturated rings. The first kappa shape index (κ1) is 26.2. The Morgan fingerprint density at radius 1 is 1.18 bits per heavy atom. The van der Waals surface area contributed by atoms with Crippen LogP contribution in [0.4, 0.5) is 0 Å². The molecule has 0 aliphatic heterocycles. The number of methoxy groups -OCH3 is 1. The SMILES string of the molecule is COc1ccccc1[C@@H](O)Cn1c(=O)n(C(C)(C)C(=O)OC(C)(C)C)c(=O)c2c(C)c(Br)sc21. The number of hydrogen-bond acceptors (Lipinski definition) is 7. The molecule has 0 saturated heterocycles. The van der Waals surface area contributed by atoms with Gasteiger partial charge in [0.05, 0.1) is 22.8 Å². The van der Waals surface area contributed by atoms with E-state index < -0.39 is 34.5 Å². The maximum Gasteiger partial charge on any atom is 0.333 e. The van der Waals surface area contributed by atoms with E-state index in [0.29, 0.717) is 30.9 Å². The number of aliphatic hydroxyl groups excluding tert-OH is 1. The van der Waals surface area contributed by atoms with Gasteiger partial charge in [0.25, 0.3) is 5.56 Å². The van der Waals surface area contributed by atoms with Gasteiger partial charge in [-0.25, -0.2) is 14.2 Å². The van der Waals surface area contributed by atoms with Crippen molar-refractivity contribution in [1.29, 1.82) is 0 Å². The van der Waals surface area contributed by atoms with Crippen LogP contribution in [0.5, 0.6) is 5.75 Å². The maximum absolute atomic E-state index is 13.7. The van der Waals surface area contributed by atoms with Gasteiger partial charge >= 0.3 is 11.7 Å². The summed E-state index contributed by atoms with van der Waals surface area (Å²) >= 11 is 4.69. The molecular weight excluding hydrogens is 524 g/mol. The van der Waals surface area contributed by atoms with E-state index in [1.807, 2.05) is 0 Å². The van der Waals surface area contributed by atoms with Crippen LogP contribution < -0.4 is 16.0 Å². The monoisotopic (exact) mass is 552 g/mol. The van der Waals surface area contributed by atoms with Crippen LogP contribution in [0.2, 0.25) is 0 Å². The fourth-order valence-corrected chi connectivity index (χ4v) is 5.37. The molecule has 0 radical (unpaired) electrons. The third-order valence-corrected chi connectivity index (χ3v) is 7.65. The molecule has 0 unspecified atom stereocenters. The Hall–Kier alpha value is -2.43. The van der Waals surface area contributed by atoms with Crippen LogP contribution in [0, 0.1) is 6.92 Å². The third kappa shape index (κ3) is 4.71. The number of carbonyl (C=O) groups excluding carboxylic acids is 1. The standard InChI is InChI=1S/C24H29BrN2O6S/c1-13-17-19(29)27(24(5,6)21(30)33-23(2,3)4)22(31)26(20(17)34-18(13)25)12-15(28)14-10-8-9-11-16(14)32-7/h8-11,15,28H,12H2,1-7H3/t15-/m0/s1. The first-order valence-electron chi connectivity index (χ1n) is 10.7. The highest BCUT2D eigenvalue weighted by molar-refractivity contribution is 9.11. The fraction of sp³-hybridized carbons (Fsp3) is 0.458. The Bertz CT molecular complexity index is 1360. The zero-order valence-corrected chi connectivity index (χ0v) is 22.7. The quantitative estimate of drug-likeness (QED) is 0.462. The van der Waals surface area contributed by atoms with Crippen LogP contribution in [-0.2, 0) is 21.6 Å². The van der Waals surface area contributed by atoms with Gasteiger partial charge in [0.2, 0.25) is 0 Å². The van der Waals surface area contributed by atoms with Gasteiger partial charge in [0.15, 0.2) is 0 Å². The van der Waals surface area contributed by atoms with Crippen molar-refractivity contribution in [2.75, 3.05) is 7.11 Å². The van der Waals surface area contributed by atoms with Crippen molar-refractivity contribution in [1.82, 2.24) is 9.13 Å². The number of para-hydroxylation sites is 1. The summed E-state index contributed by atoms with van der Waals surface area (Å²) < 4.78 is 13.8. The van der Waals surface area contributed by atoms with Crippen LogP contribution in [0.15, 0.2) is 37.6 Å². The number of carbonyl (C=O) groups is 1. The van der Waals surface area contributed by atoms with Gasteiger partial charge in [0, 0.05) is 5.56 Å². The molecule has 10 heteroatoms. The van der Waals surface area contributed by atoms with E-state index in [1.165, 1.54) is 36.9 Å². The van der Waals surface area contributed by atoms with Gasteiger partial charge in [-0.1, -0.05) is 18.2 Å². The average Bonchev–Trinajstić information content (AvgIpc) is 3.04. The number of thiophene rings is 1. The lowest BCUT2D eigenvalue weighted by Gasteiger charge is -2.30. The summed E-state index contributed by atoms with van der Waals surface area (Å²) in [6, 6.07) is 6.97. The molecule has 2 aromatic heterocycles. The number of aliphatic hydroxyl groups is 1. The highest BCUT2D eigenvalue weighted by Crippen LogP contribution is 2.34. The maximum atomic E-state index is 13.7. The molecular formula is C24H29BrN2O6S. The van der Waals surface area contributed by atoms with Gasteiger partial charge in [-0.2, -0.15) is 0 Å². The number of benzene rings is 1. The number of fused-ring (bicyclic) bond motifs is 1. The van der Waals surface area contributed by atoms with E-state index in [-0.39, 0.29) is 6.54 Å². The van der Waals surface area contributed by atoms with Crippen LogP contribution in [-0.4, -0.2) is 32.9 Å². The minimum Gasteiger partial charge on any atom is -0.496 e. The Morgan fingerprint density at radius 2 is 1.79 bits per heavy atom. The summed E-state index contributed by atoms with van der Waals surface area (Å²) in [6.07, 6.45) is -1.10. The number of aryl methyl sites for hydroxylation is 1. The van der Waals surface area contributed by atoms with E-state index in [0.717, 1.165) is 4.57 Å². The predicted molar refractivity (Wildman–Crippen MR) is 136 cm³/mol. The lowest BCUT2D eigenvalue weighted by atomic mass is 10.0. The Kier molecular flexibility index (Phi) is 7.17. The van der Waals surface area contributed by atoms with Crippen LogP contribution >= 0.6 is 27.3 Å². The number of nitrogens with zero attached hydrogens (tertiary/aromatic N) is 2. The number of esters is 1. The lowest BCUT2D eigenvalue weighted by molar-refractivity contribution is -0.164. The molecule has 2 heterocycles. The molecule has 0 aliphatic rings. The van der Waals surface area contributed by atoms with Gasteiger partial charge < -0.3 is 14.6 Å². The predicted octanol–water partition coefficient (Wildman–Crippen LogP) is 4.11. The number of halogens is 1. The molecule has 184 valence electrons. The topological polar surface area (TPSA) is 99.8 Å². The first-order valence-corrected chi connectivity index (χ1v) is 12.3. The van der Waals surface area contributed by atoms with E-state index in [4.69, 9.17) is 9.47 Å². The Balaban J connectivity index is 2.27. The highest BCUT2D eigenvalue weighted by atomic mass is 79.9. The average molecular weight is 553 g/mol. The first-order chi connectivity index (χ1) is 15.7. The van der Waals surface area contributed by atoms with Gasteiger partial charge in [-0.05, 0) is 69.1 Å². The normalized spacial score (nSPS) is 13.2. The Morgan fingerprint density at radius 3 is 2.38 bits per heavy atom. The largest absolute Gasteiger partial charge is 0.496 e. The molecule has 3 rings (SSSR count). The van der Waals surface area contributed by atoms with Crippen LogP contribution in [0.25, 0.3) is 10.2 Å². The van der Waals surface area contributed by atoms with E-state index in [1.54, 1.807) is 52.0 Å². The second kappa shape index (κ2) is 9.31. The molecule has 34 heavy (non-hydrogen) atoms. The van der Waals surface area contributed by atoms with Crippen molar-refractivity contribution in [2.45, 2.75) is 65.3 Å².